The Bertz CT molecular complexity index is 566. The summed E-state index contributed by atoms with van der Waals surface area (Å²) >= 11 is 0. The number of rotatable bonds is 6. The van der Waals surface area contributed by atoms with Crippen molar-refractivity contribution in [2.24, 2.45) is 5.92 Å². The zero-order valence-electron chi connectivity index (χ0n) is 13.7. The van der Waals surface area contributed by atoms with E-state index in [2.05, 4.69) is 17.5 Å². The van der Waals surface area contributed by atoms with Crippen LogP contribution in [0.15, 0.2) is 36.4 Å². The number of nitrogens with zero attached hydrogens (tertiary/aromatic N) is 1. The van der Waals surface area contributed by atoms with Crippen molar-refractivity contribution in [3.05, 3.63) is 36.4 Å². The zero-order chi connectivity index (χ0) is 16.7. The van der Waals surface area contributed by atoms with Crippen LogP contribution in [0, 0.1) is 5.92 Å². The molecule has 1 aliphatic rings. The molecule has 0 fully saturated rings. The van der Waals surface area contributed by atoms with Crippen LogP contribution in [0.5, 0.6) is 5.75 Å². The summed E-state index contributed by atoms with van der Waals surface area (Å²) in [4.78, 5) is 26.3. The largest absolute Gasteiger partial charge is 0.497 e. The van der Waals surface area contributed by atoms with E-state index in [-0.39, 0.29) is 24.3 Å². The standard InChI is InChI=1S/C18H24N2O3/c1-3-20(18(22)14-7-5-4-6-8-14)13-17(21)19-15-9-11-16(23-2)12-10-15/h4-5,9-12,14H,3,6-8,13H2,1-2H3,(H,19,21)/t14-/m1/s1. The molecule has 0 spiro atoms. The number of likely N-dealkylation sites (N-methyl/N-ethyl adjacent to an activating group) is 1. The lowest BCUT2D eigenvalue weighted by atomic mass is 9.93. The first-order valence-electron chi connectivity index (χ1n) is 8.01. The van der Waals surface area contributed by atoms with Crippen LogP contribution in [0.4, 0.5) is 5.69 Å². The minimum absolute atomic E-state index is 0.00809. The van der Waals surface area contributed by atoms with Crippen molar-refractivity contribution in [3.8, 4) is 5.75 Å². The van der Waals surface area contributed by atoms with Crippen molar-refractivity contribution in [2.45, 2.75) is 26.2 Å². The van der Waals surface area contributed by atoms with Gasteiger partial charge >= 0.3 is 0 Å². The maximum Gasteiger partial charge on any atom is 0.243 e. The second kappa shape index (κ2) is 8.36. The molecule has 0 bridgehead atoms. The summed E-state index contributed by atoms with van der Waals surface area (Å²) < 4.78 is 5.08. The minimum Gasteiger partial charge on any atom is -0.497 e. The first kappa shape index (κ1) is 17.1. The van der Waals surface area contributed by atoms with Gasteiger partial charge in [-0.05, 0) is 50.5 Å². The second-order valence-electron chi connectivity index (χ2n) is 5.61. The molecule has 1 aromatic rings. The van der Waals surface area contributed by atoms with Gasteiger partial charge in [-0.25, -0.2) is 0 Å². The van der Waals surface area contributed by atoms with E-state index in [9.17, 15) is 9.59 Å². The van der Waals surface area contributed by atoms with Gasteiger partial charge in [-0.2, -0.15) is 0 Å². The number of allylic oxidation sites excluding steroid dienone is 2. The Morgan fingerprint density at radius 1 is 1.26 bits per heavy atom. The molecule has 124 valence electrons. The third-order valence-corrected chi connectivity index (χ3v) is 4.02. The molecule has 23 heavy (non-hydrogen) atoms. The van der Waals surface area contributed by atoms with Crippen LogP contribution >= 0.6 is 0 Å². The molecule has 0 aliphatic heterocycles. The van der Waals surface area contributed by atoms with Crippen LogP contribution in [-0.4, -0.2) is 36.9 Å². The van der Waals surface area contributed by atoms with Gasteiger partial charge in [0, 0.05) is 18.2 Å². The molecule has 2 rings (SSSR count). The topological polar surface area (TPSA) is 58.6 Å². The van der Waals surface area contributed by atoms with Gasteiger partial charge in [-0.3, -0.25) is 9.59 Å². The number of benzene rings is 1. The summed E-state index contributed by atoms with van der Waals surface area (Å²) in [6.45, 7) is 2.52. The monoisotopic (exact) mass is 316 g/mol. The summed E-state index contributed by atoms with van der Waals surface area (Å²) in [5, 5.41) is 2.81. The van der Waals surface area contributed by atoms with Gasteiger partial charge in [-0.15, -0.1) is 0 Å². The smallest absolute Gasteiger partial charge is 0.243 e. The average molecular weight is 316 g/mol. The molecular formula is C18H24N2O3. The molecule has 5 nitrogen and oxygen atoms in total. The van der Waals surface area contributed by atoms with E-state index in [1.807, 2.05) is 6.92 Å². The fourth-order valence-electron chi connectivity index (χ4n) is 2.67. The van der Waals surface area contributed by atoms with Gasteiger partial charge in [0.1, 0.15) is 5.75 Å². The SMILES string of the molecule is CCN(CC(=O)Nc1ccc(OC)cc1)C(=O)[C@@H]1CC=CCC1. The minimum atomic E-state index is -0.184. The van der Waals surface area contributed by atoms with Crippen LogP contribution in [0.25, 0.3) is 0 Å². The third-order valence-electron chi connectivity index (χ3n) is 4.02. The first-order valence-corrected chi connectivity index (χ1v) is 8.01. The molecule has 5 heteroatoms. The normalized spacial score (nSPS) is 16.7. The molecule has 1 atom stereocenters. The third kappa shape index (κ3) is 4.84. The summed E-state index contributed by atoms with van der Waals surface area (Å²) in [5.41, 5.74) is 0.694. The average Bonchev–Trinajstić information content (AvgIpc) is 2.60. The Labute approximate surface area is 137 Å². The zero-order valence-corrected chi connectivity index (χ0v) is 13.7. The Hall–Kier alpha value is -2.30. The van der Waals surface area contributed by atoms with Gasteiger partial charge < -0.3 is 15.0 Å². The number of methoxy groups -OCH3 is 1. The Kier molecular flexibility index (Phi) is 6.20. The van der Waals surface area contributed by atoms with Crippen molar-refractivity contribution in [1.82, 2.24) is 4.90 Å². The highest BCUT2D eigenvalue weighted by atomic mass is 16.5. The van der Waals surface area contributed by atoms with E-state index in [0.717, 1.165) is 25.0 Å². The lowest BCUT2D eigenvalue weighted by Gasteiger charge is -2.26. The fraction of sp³-hybridized carbons (Fsp3) is 0.444. The quantitative estimate of drug-likeness (QED) is 0.821. The lowest BCUT2D eigenvalue weighted by Crippen LogP contribution is -2.41. The van der Waals surface area contributed by atoms with E-state index in [0.29, 0.717) is 12.2 Å². The number of carbonyl (C=O) groups is 2. The highest BCUT2D eigenvalue weighted by Gasteiger charge is 2.24. The summed E-state index contributed by atoms with van der Waals surface area (Å²) in [6.07, 6.45) is 6.74. The molecular weight excluding hydrogens is 292 g/mol. The van der Waals surface area contributed by atoms with Gasteiger partial charge in [0.2, 0.25) is 11.8 Å². The number of anilines is 1. The number of hydrogen-bond acceptors (Lipinski definition) is 3. The van der Waals surface area contributed by atoms with E-state index in [4.69, 9.17) is 4.74 Å². The predicted molar refractivity (Wildman–Crippen MR) is 90.4 cm³/mol. The maximum absolute atomic E-state index is 12.5. The van der Waals surface area contributed by atoms with E-state index < -0.39 is 0 Å². The fourth-order valence-corrected chi connectivity index (χ4v) is 2.67. The van der Waals surface area contributed by atoms with Crippen LogP contribution in [0.3, 0.4) is 0 Å². The van der Waals surface area contributed by atoms with E-state index in [1.54, 1.807) is 36.3 Å². The van der Waals surface area contributed by atoms with Crippen molar-refractivity contribution in [3.63, 3.8) is 0 Å². The number of amides is 2. The molecule has 0 heterocycles. The molecule has 0 aromatic heterocycles. The number of carbonyl (C=O) groups excluding carboxylic acids is 2. The van der Waals surface area contributed by atoms with Gasteiger partial charge in [0.05, 0.1) is 13.7 Å². The molecule has 0 saturated carbocycles. The van der Waals surface area contributed by atoms with Gasteiger partial charge in [0.25, 0.3) is 0 Å². The summed E-state index contributed by atoms with van der Waals surface area (Å²) in [7, 11) is 1.60. The number of nitrogens with one attached hydrogen (secondary N) is 1. The highest BCUT2D eigenvalue weighted by Crippen LogP contribution is 2.20. The molecule has 0 radical (unpaired) electrons. The predicted octanol–water partition coefficient (Wildman–Crippen LogP) is 2.84. The molecule has 0 saturated heterocycles. The van der Waals surface area contributed by atoms with Gasteiger partial charge in [0.15, 0.2) is 0 Å². The van der Waals surface area contributed by atoms with E-state index >= 15 is 0 Å². The van der Waals surface area contributed by atoms with Crippen molar-refractivity contribution in [2.75, 3.05) is 25.5 Å². The molecule has 0 unspecified atom stereocenters. The van der Waals surface area contributed by atoms with Gasteiger partial charge in [-0.1, -0.05) is 12.2 Å². The van der Waals surface area contributed by atoms with Crippen LogP contribution in [0.2, 0.25) is 0 Å². The van der Waals surface area contributed by atoms with Crippen LogP contribution in [-0.2, 0) is 9.59 Å². The van der Waals surface area contributed by atoms with Crippen LogP contribution < -0.4 is 10.1 Å². The molecule has 1 aromatic carbocycles. The maximum atomic E-state index is 12.5. The molecule has 1 N–H and O–H groups in total. The van der Waals surface area contributed by atoms with Crippen molar-refractivity contribution in [1.29, 1.82) is 0 Å². The lowest BCUT2D eigenvalue weighted by molar-refractivity contribution is -0.138. The number of ether oxygens (including phenoxy) is 1. The number of hydrogen-bond donors (Lipinski definition) is 1. The highest BCUT2D eigenvalue weighted by molar-refractivity contribution is 5.94. The van der Waals surface area contributed by atoms with Crippen molar-refractivity contribution < 1.29 is 14.3 Å². The summed E-state index contributed by atoms with van der Waals surface area (Å²) in [5.74, 6) is 0.630. The van der Waals surface area contributed by atoms with E-state index in [1.165, 1.54) is 0 Å². The Morgan fingerprint density at radius 3 is 2.57 bits per heavy atom. The molecule has 2 amide bonds. The van der Waals surface area contributed by atoms with Crippen molar-refractivity contribution >= 4 is 17.5 Å². The van der Waals surface area contributed by atoms with Crippen LogP contribution in [0.1, 0.15) is 26.2 Å². The summed E-state index contributed by atoms with van der Waals surface area (Å²) in [6, 6.07) is 7.13. The Morgan fingerprint density at radius 2 is 2.00 bits per heavy atom. The second-order valence-corrected chi connectivity index (χ2v) is 5.61. The first-order chi connectivity index (χ1) is 11.1. The molecule has 1 aliphatic carbocycles. The Balaban J connectivity index is 1.90.